The van der Waals surface area contributed by atoms with Crippen molar-refractivity contribution in [1.29, 1.82) is 0 Å². The van der Waals surface area contributed by atoms with E-state index in [-0.39, 0.29) is 5.91 Å². The molecule has 5 nitrogen and oxygen atoms in total. The molecule has 0 aliphatic heterocycles. The number of aromatic nitrogens is 3. The predicted octanol–water partition coefficient (Wildman–Crippen LogP) is 5.16. The van der Waals surface area contributed by atoms with Crippen LogP contribution in [0.15, 0.2) is 23.4 Å². The zero-order valence-electron chi connectivity index (χ0n) is 17.3. The number of aryl methyl sites for hydroxylation is 3. The summed E-state index contributed by atoms with van der Waals surface area (Å²) >= 11 is 1.47. The standard InChI is InChI=1S/C22H32N4OS/c1-4-26-20(11-10-18-8-6-5-7-9-18)24-25-22(26)28-15-21(27)23-19-13-16(2)12-17(3)14-19/h12-14,18H,4-11,15H2,1-3H3,(H,23,27). The molecule has 1 aliphatic carbocycles. The minimum atomic E-state index is -0.00981. The van der Waals surface area contributed by atoms with Crippen molar-refractivity contribution < 1.29 is 4.79 Å². The largest absolute Gasteiger partial charge is 0.325 e. The van der Waals surface area contributed by atoms with Gasteiger partial charge in [-0.1, -0.05) is 49.9 Å². The van der Waals surface area contributed by atoms with Gasteiger partial charge < -0.3 is 9.88 Å². The van der Waals surface area contributed by atoms with Gasteiger partial charge in [-0.2, -0.15) is 0 Å². The number of benzene rings is 1. The van der Waals surface area contributed by atoms with Crippen LogP contribution in [0.3, 0.4) is 0 Å². The Kier molecular flexibility index (Phi) is 7.54. The van der Waals surface area contributed by atoms with E-state index >= 15 is 0 Å². The van der Waals surface area contributed by atoms with Crippen LogP contribution in [0.2, 0.25) is 0 Å². The third-order valence-corrected chi connectivity index (χ3v) is 6.42. The summed E-state index contributed by atoms with van der Waals surface area (Å²) in [5.74, 6) is 2.23. The van der Waals surface area contributed by atoms with E-state index < -0.39 is 0 Å². The summed E-state index contributed by atoms with van der Waals surface area (Å²) in [5.41, 5.74) is 3.15. The quantitative estimate of drug-likeness (QED) is 0.622. The van der Waals surface area contributed by atoms with E-state index in [0.717, 1.165) is 46.7 Å². The topological polar surface area (TPSA) is 59.8 Å². The zero-order valence-corrected chi connectivity index (χ0v) is 18.1. The SMILES string of the molecule is CCn1c(CCC2CCCCC2)nnc1SCC(=O)Nc1cc(C)cc(C)c1. The lowest BCUT2D eigenvalue weighted by molar-refractivity contribution is -0.113. The van der Waals surface area contributed by atoms with Gasteiger partial charge in [-0.05, 0) is 56.4 Å². The fourth-order valence-electron chi connectivity index (χ4n) is 4.11. The normalized spacial score (nSPS) is 15.0. The average Bonchev–Trinajstić information content (AvgIpc) is 3.06. The highest BCUT2D eigenvalue weighted by Crippen LogP contribution is 2.28. The van der Waals surface area contributed by atoms with Crippen molar-refractivity contribution >= 4 is 23.4 Å². The van der Waals surface area contributed by atoms with Crippen molar-refractivity contribution in [1.82, 2.24) is 14.8 Å². The molecule has 3 rings (SSSR count). The summed E-state index contributed by atoms with van der Waals surface area (Å²) in [5, 5.41) is 12.6. The van der Waals surface area contributed by atoms with Gasteiger partial charge in [0.25, 0.3) is 0 Å². The number of nitrogens with zero attached hydrogens (tertiary/aromatic N) is 3. The van der Waals surface area contributed by atoms with Crippen LogP contribution in [0, 0.1) is 19.8 Å². The maximum Gasteiger partial charge on any atom is 0.234 e. The van der Waals surface area contributed by atoms with E-state index in [9.17, 15) is 4.79 Å². The fraction of sp³-hybridized carbons (Fsp3) is 0.591. The van der Waals surface area contributed by atoms with Gasteiger partial charge in [0.05, 0.1) is 5.75 Å². The summed E-state index contributed by atoms with van der Waals surface area (Å²) < 4.78 is 2.16. The predicted molar refractivity (Wildman–Crippen MR) is 116 cm³/mol. The Balaban J connectivity index is 1.53. The summed E-state index contributed by atoms with van der Waals surface area (Å²) in [7, 11) is 0. The van der Waals surface area contributed by atoms with Crippen molar-refractivity contribution in [3.63, 3.8) is 0 Å². The highest BCUT2D eigenvalue weighted by atomic mass is 32.2. The molecule has 1 aliphatic rings. The lowest BCUT2D eigenvalue weighted by Gasteiger charge is -2.21. The minimum absolute atomic E-state index is 0.00981. The molecular formula is C22H32N4OS. The van der Waals surface area contributed by atoms with Gasteiger partial charge >= 0.3 is 0 Å². The van der Waals surface area contributed by atoms with Crippen LogP contribution in [0.25, 0.3) is 0 Å². The maximum atomic E-state index is 12.4. The van der Waals surface area contributed by atoms with Gasteiger partial charge in [0.1, 0.15) is 5.82 Å². The van der Waals surface area contributed by atoms with Crippen LogP contribution in [0.1, 0.15) is 62.4 Å². The second-order valence-electron chi connectivity index (χ2n) is 7.90. The number of carbonyl (C=O) groups is 1. The molecule has 1 saturated carbocycles. The molecule has 0 saturated heterocycles. The molecule has 0 unspecified atom stereocenters. The minimum Gasteiger partial charge on any atom is -0.325 e. The summed E-state index contributed by atoms with van der Waals surface area (Å²) in [6, 6.07) is 6.09. The second kappa shape index (κ2) is 10.1. The molecular weight excluding hydrogens is 368 g/mol. The van der Waals surface area contributed by atoms with Crippen molar-refractivity contribution in [3.05, 3.63) is 35.2 Å². The number of rotatable bonds is 8. The van der Waals surface area contributed by atoms with Gasteiger partial charge in [0.2, 0.25) is 5.91 Å². The molecule has 2 aromatic rings. The van der Waals surface area contributed by atoms with Crippen molar-refractivity contribution in [2.75, 3.05) is 11.1 Å². The number of hydrogen-bond donors (Lipinski definition) is 1. The molecule has 0 spiro atoms. The third-order valence-electron chi connectivity index (χ3n) is 5.45. The van der Waals surface area contributed by atoms with Crippen LogP contribution in [-0.2, 0) is 17.8 Å². The molecule has 1 fully saturated rings. The lowest BCUT2D eigenvalue weighted by Crippen LogP contribution is -2.15. The molecule has 1 heterocycles. The first kappa shape index (κ1) is 20.9. The monoisotopic (exact) mass is 400 g/mol. The molecule has 152 valence electrons. The Morgan fingerprint density at radius 2 is 1.86 bits per heavy atom. The average molecular weight is 401 g/mol. The van der Waals surface area contributed by atoms with Crippen molar-refractivity contribution in [2.45, 2.75) is 77.4 Å². The maximum absolute atomic E-state index is 12.4. The zero-order chi connectivity index (χ0) is 19.9. The van der Waals surface area contributed by atoms with Gasteiger partial charge in [-0.15, -0.1) is 10.2 Å². The number of amides is 1. The molecule has 6 heteroatoms. The van der Waals surface area contributed by atoms with E-state index in [1.165, 1.54) is 50.3 Å². The molecule has 1 amide bonds. The molecule has 1 aromatic heterocycles. The first-order valence-electron chi connectivity index (χ1n) is 10.5. The van der Waals surface area contributed by atoms with Gasteiger partial charge in [0, 0.05) is 18.7 Å². The molecule has 28 heavy (non-hydrogen) atoms. The van der Waals surface area contributed by atoms with Crippen LogP contribution in [0.4, 0.5) is 5.69 Å². The van der Waals surface area contributed by atoms with E-state index in [1.54, 1.807) is 0 Å². The Morgan fingerprint density at radius 3 is 2.54 bits per heavy atom. The Bertz CT molecular complexity index is 776. The smallest absolute Gasteiger partial charge is 0.234 e. The summed E-state index contributed by atoms with van der Waals surface area (Å²) in [6.07, 6.45) is 9.06. The number of anilines is 1. The number of thioether (sulfide) groups is 1. The Hall–Kier alpha value is -1.82. The summed E-state index contributed by atoms with van der Waals surface area (Å²) in [4.78, 5) is 12.4. The van der Waals surface area contributed by atoms with Crippen LogP contribution in [0.5, 0.6) is 0 Å². The first-order valence-corrected chi connectivity index (χ1v) is 11.5. The van der Waals surface area contributed by atoms with Crippen LogP contribution < -0.4 is 5.32 Å². The molecule has 1 aromatic carbocycles. The first-order chi connectivity index (χ1) is 13.5. The third kappa shape index (κ3) is 5.84. The molecule has 0 bridgehead atoms. The highest BCUT2D eigenvalue weighted by molar-refractivity contribution is 7.99. The van der Waals surface area contributed by atoms with Crippen molar-refractivity contribution in [2.24, 2.45) is 5.92 Å². The van der Waals surface area contributed by atoms with Gasteiger partial charge in [-0.25, -0.2) is 0 Å². The molecule has 1 N–H and O–H groups in total. The lowest BCUT2D eigenvalue weighted by atomic mass is 9.86. The summed E-state index contributed by atoms with van der Waals surface area (Å²) in [6.45, 7) is 7.03. The second-order valence-corrected chi connectivity index (χ2v) is 8.84. The Morgan fingerprint density at radius 1 is 1.14 bits per heavy atom. The number of hydrogen-bond acceptors (Lipinski definition) is 4. The van der Waals surface area contributed by atoms with E-state index in [1.807, 2.05) is 26.0 Å². The van der Waals surface area contributed by atoms with E-state index in [2.05, 4.69) is 33.1 Å². The fourth-order valence-corrected chi connectivity index (χ4v) is 4.93. The van der Waals surface area contributed by atoms with Crippen molar-refractivity contribution in [3.8, 4) is 0 Å². The molecule has 0 atom stereocenters. The van der Waals surface area contributed by atoms with E-state index in [4.69, 9.17) is 0 Å². The van der Waals surface area contributed by atoms with Crippen LogP contribution >= 0.6 is 11.8 Å². The van der Waals surface area contributed by atoms with Gasteiger partial charge in [0.15, 0.2) is 5.16 Å². The number of nitrogens with one attached hydrogen (secondary N) is 1. The van der Waals surface area contributed by atoms with Crippen LogP contribution in [-0.4, -0.2) is 26.4 Å². The van der Waals surface area contributed by atoms with E-state index in [0.29, 0.717) is 5.75 Å². The number of carbonyl (C=O) groups excluding carboxylic acids is 1. The van der Waals surface area contributed by atoms with Gasteiger partial charge in [-0.3, -0.25) is 4.79 Å². The highest BCUT2D eigenvalue weighted by Gasteiger charge is 2.17. The molecule has 0 radical (unpaired) electrons. The Labute approximate surface area is 172 Å².